The Morgan fingerprint density at radius 1 is 1.59 bits per heavy atom. The van der Waals surface area contributed by atoms with Gasteiger partial charge in [0, 0.05) is 6.61 Å². The first-order valence-corrected chi connectivity index (χ1v) is 6.59. The number of amides is 1. The van der Waals surface area contributed by atoms with E-state index >= 15 is 0 Å². The molecule has 0 spiro atoms. The van der Waals surface area contributed by atoms with E-state index in [1.807, 2.05) is 6.92 Å². The molecule has 1 saturated heterocycles. The molecule has 92 valence electrons. The average molecular weight is 319 g/mol. The van der Waals surface area contributed by atoms with Crippen molar-refractivity contribution in [2.24, 2.45) is 0 Å². The van der Waals surface area contributed by atoms with Crippen molar-refractivity contribution in [2.45, 2.75) is 25.4 Å². The van der Waals surface area contributed by atoms with Crippen LogP contribution >= 0.6 is 27.5 Å². The Balaban J connectivity index is 2.16. The molecule has 1 aromatic carbocycles. The molecule has 1 aliphatic heterocycles. The molecule has 0 bridgehead atoms. The van der Waals surface area contributed by atoms with Gasteiger partial charge in [-0.2, -0.15) is 0 Å². The number of halogens is 2. The molecule has 0 radical (unpaired) electrons. The summed E-state index contributed by atoms with van der Waals surface area (Å²) in [6.45, 7) is 2.45. The predicted octanol–water partition coefficient (Wildman–Crippen LogP) is 3.61. The SMILES string of the molecule is CC1(C(=O)Nc2cccc(Cl)c2Br)CCCO1. The zero-order valence-electron chi connectivity index (χ0n) is 9.43. The minimum Gasteiger partial charge on any atom is -0.365 e. The van der Waals surface area contributed by atoms with Gasteiger partial charge in [-0.05, 0) is 47.8 Å². The second-order valence-electron chi connectivity index (χ2n) is 4.24. The largest absolute Gasteiger partial charge is 0.365 e. The highest BCUT2D eigenvalue weighted by atomic mass is 79.9. The van der Waals surface area contributed by atoms with Crippen LogP contribution in [0, 0.1) is 0 Å². The summed E-state index contributed by atoms with van der Waals surface area (Å²) in [5, 5.41) is 3.41. The lowest BCUT2D eigenvalue weighted by atomic mass is 10.0. The smallest absolute Gasteiger partial charge is 0.256 e. The maximum absolute atomic E-state index is 12.1. The Morgan fingerprint density at radius 2 is 2.35 bits per heavy atom. The molecule has 1 heterocycles. The first-order chi connectivity index (χ1) is 8.03. The quantitative estimate of drug-likeness (QED) is 0.904. The molecule has 5 heteroatoms. The first-order valence-electron chi connectivity index (χ1n) is 5.42. The van der Waals surface area contributed by atoms with Gasteiger partial charge in [0.25, 0.3) is 5.91 Å². The van der Waals surface area contributed by atoms with E-state index in [9.17, 15) is 4.79 Å². The summed E-state index contributed by atoms with van der Waals surface area (Å²) >= 11 is 9.31. The Morgan fingerprint density at radius 3 is 3.00 bits per heavy atom. The van der Waals surface area contributed by atoms with Crippen molar-refractivity contribution in [3.8, 4) is 0 Å². The van der Waals surface area contributed by atoms with Crippen LogP contribution in [0.25, 0.3) is 0 Å². The molecule has 1 N–H and O–H groups in total. The Bertz CT molecular complexity index is 444. The number of carbonyl (C=O) groups is 1. The topological polar surface area (TPSA) is 38.3 Å². The summed E-state index contributed by atoms with van der Waals surface area (Å²) in [4.78, 5) is 12.1. The summed E-state index contributed by atoms with van der Waals surface area (Å²) in [5.41, 5.74) is -0.0545. The van der Waals surface area contributed by atoms with Crippen molar-refractivity contribution in [3.05, 3.63) is 27.7 Å². The highest BCUT2D eigenvalue weighted by Crippen LogP contribution is 2.32. The van der Waals surface area contributed by atoms with E-state index in [1.54, 1.807) is 18.2 Å². The van der Waals surface area contributed by atoms with Crippen LogP contribution in [0.3, 0.4) is 0 Å². The van der Waals surface area contributed by atoms with Gasteiger partial charge in [0.2, 0.25) is 0 Å². The number of hydrogen-bond acceptors (Lipinski definition) is 2. The maximum atomic E-state index is 12.1. The fraction of sp³-hybridized carbons (Fsp3) is 0.417. The maximum Gasteiger partial charge on any atom is 0.256 e. The van der Waals surface area contributed by atoms with Gasteiger partial charge >= 0.3 is 0 Å². The molecule has 0 aromatic heterocycles. The molecule has 2 rings (SSSR count). The zero-order valence-corrected chi connectivity index (χ0v) is 11.8. The van der Waals surface area contributed by atoms with Gasteiger partial charge in [0.05, 0.1) is 15.2 Å². The van der Waals surface area contributed by atoms with Crippen molar-refractivity contribution in [2.75, 3.05) is 11.9 Å². The monoisotopic (exact) mass is 317 g/mol. The zero-order chi connectivity index (χ0) is 12.5. The van der Waals surface area contributed by atoms with Gasteiger partial charge < -0.3 is 10.1 Å². The van der Waals surface area contributed by atoms with Crippen molar-refractivity contribution in [1.29, 1.82) is 0 Å². The molecule has 1 aliphatic rings. The molecule has 1 atom stereocenters. The van der Waals surface area contributed by atoms with E-state index in [0.717, 1.165) is 12.8 Å². The van der Waals surface area contributed by atoms with Crippen molar-refractivity contribution >= 4 is 39.1 Å². The van der Waals surface area contributed by atoms with E-state index < -0.39 is 5.60 Å². The fourth-order valence-corrected chi connectivity index (χ4v) is 2.35. The molecule has 1 aromatic rings. The van der Waals surface area contributed by atoms with Crippen LogP contribution in [0.4, 0.5) is 5.69 Å². The summed E-state index contributed by atoms with van der Waals surface area (Å²) < 4.78 is 6.18. The van der Waals surface area contributed by atoms with Crippen LogP contribution < -0.4 is 5.32 Å². The highest BCUT2D eigenvalue weighted by Gasteiger charge is 2.37. The van der Waals surface area contributed by atoms with Crippen molar-refractivity contribution in [1.82, 2.24) is 0 Å². The molecular formula is C12H13BrClNO2. The van der Waals surface area contributed by atoms with Gasteiger partial charge in [-0.3, -0.25) is 4.79 Å². The lowest BCUT2D eigenvalue weighted by molar-refractivity contribution is -0.133. The third-order valence-corrected chi connectivity index (χ3v) is 4.30. The Labute approximate surface area is 114 Å². The van der Waals surface area contributed by atoms with Crippen LogP contribution in [-0.4, -0.2) is 18.1 Å². The van der Waals surface area contributed by atoms with Gasteiger partial charge in [-0.25, -0.2) is 0 Å². The molecule has 0 aliphatic carbocycles. The van der Waals surface area contributed by atoms with E-state index in [0.29, 0.717) is 21.8 Å². The van der Waals surface area contributed by atoms with Crippen LogP contribution in [0.2, 0.25) is 5.02 Å². The molecule has 1 unspecified atom stereocenters. The van der Waals surface area contributed by atoms with Crippen LogP contribution in [-0.2, 0) is 9.53 Å². The Kier molecular flexibility index (Phi) is 3.76. The summed E-state index contributed by atoms with van der Waals surface area (Å²) in [6.07, 6.45) is 1.66. The molecule has 17 heavy (non-hydrogen) atoms. The average Bonchev–Trinajstić information content (AvgIpc) is 2.73. The Hall–Kier alpha value is -0.580. The molecule has 1 amide bonds. The van der Waals surface area contributed by atoms with Gasteiger partial charge in [-0.15, -0.1) is 0 Å². The molecule has 1 fully saturated rings. The lowest BCUT2D eigenvalue weighted by Gasteiger charge is -2.22. The molecular weight excluding hydrogens is 305 g/mol. The lowest BCUT2D eigenvalue weighted by Crippen LogP contribution is -2.39. The van der Waals surface area contributed by atoms with Crippen molar-refractivity contribution in [3.63, 3.8) is 0 Å². The minimum absolute atomic E-state index is 0.127. The number of ether oxygens (including phenoxy) is 1. The van der Waals surface area contributed by atoms with Crippen LogP contribution in [0.1, 0.15) is 19.8 Å². The summed E-state index contributed by atoms with van der Waals surface area (Å²) in [5.74, 6) is -0.127. The number of anilines is 1. The number of nitrogens with one attached hydrogen (secondary N) is 1. The second kappa shape index (κ2) is 4.96. The third-order valence-electron chi connectivity index (χ3n) is 2.90. The number of rotatable bonds is 2. The fourth-order valence-electron chi connectivity index (χ4n) is 1.81. The van der Waals surface area contributed by atoms with Crippen molar-refractivity contribution < 1.29 is 9.53 Å². The van der Waals surface area contributed by atoms with Gasteiger partial charge in [0.1, 0.15) is 5.60 Å². The summed E-state index contributed by atoms with van der Waals surface area (Å²) in [7, 11) is 0. The first kappa shape index (κ1) is 12.9. The summed E-state index contributed by atoms with van der Waals surface area (Å²) in [6, 6.07) is 5.35. The standard InChI is InChI=1S/C12H13BrClNO2/c1-12(6-3-7-17-12)11(16)15-9-5-2-4-8(14)10(9)13/h2,4-5H,3,6-7H2,1H3,(H,15,16). The molecule has 0 saturated carbocycles. The van der Waals surface area contributed by atoms with Gasteiger partial charge in [-0.1, -0.05) is 17.7 Å². The number of benzene rings is 1. The molecule has 3 nitrogen and oxygen atoms in total. The third kappa shape index (κ3) is 2.64. The van der Waals surface area contributed by atoms with E-state index in [1.165, 1.54) is 0 Å². The second-order valence-corrected chi connectivity index (χ2v) is 5.44. The van der Waals surface area contributed by atoms with E-state index in [4.69, 9.17) is 16.3 Å². The van der Waals surface area contributed by atoms with Gasteiger partial charge in [0.15, 0.2) is 0 Å². The number of hydrogen-bond donors (Lipinski definition) is 1. The number of carbonyl (C=O) groups excluding carboxylic acids is 1. The van der Waals surface area contributed by atoms with E-state index in [2.05, 4.69) is 21.2 Å². The highest BCUT2D eigenvalue weighted by molar-refractivity contribution is 9.10. The van der Waals surface area contributed by atoms with E-state index in [-0.39, 0.29) is 5.91 Å². The van der Waals surface area contributed by atoms with Crippen LogP contribution in [0.5, 0.6) is 0 Å². The predicted molar refractivity (Wildman–Crippen MR) is 71.4 cm³/mol. The normalized spacial score (nSPS) is 23.7. The minimum atomic E-state index is -0.720. The van der Waals surface area contributed by atoms with Crippen LogP contribution in [0.15, 0.2) is 22.7 Å².